The van der Waals surface area contributed by atoms with Gasteiger partial charge in [0.15, 0.2) is 0 Å². The largest absolute Gasteiger partial charge is 0.500 e. The number of cyclic esters (lactones) is 2. The highest BCUT2D eigenvalue weighted by Gasteiger charge is 2.39. The minimum atomic E-state index is -2.57. The van der Waals surface area contributed by atoms with Crippen molar-refractivity contribution in [2.45, 2.75) is 25.3 Å². The first-order valence-corrected chi connectivity index (χ1v) is 10.7. The minimum Gasteiger partial charge on any atom is -0.393 e. The van der Waals surface area contributed by atoms with E-state index in [2.05, 4.69) is 4.74 Å². The van der Waals surface area contributed by atoms with Crippen LogP contribution in [0.25, 0.3) is 0 Å². The second-order valence-electron chi connectivity index (χ2n) is 4.88. The fraction of sp³-hybridized carbons (Fsp3) is 0.846. The van der Waals surface area contributed by atoms with Gasteiger partial charge in [0, 0.05) is 48.7 Å². The number of esters is 2. The van der Waals surface area contributed by atoms with E-state index in [0.717, 1.165) is 0 Å². The Morgan fingerprint density at radius 3 is 1.79 bits per heavy atom. The van der Waals surface area contributed by atoms with Crippen LogP contribution in [0, 0.1) is 5.92 Å². The average molecular weight is 385 g/mol. The maximum absolute atomic E-state index is 11.2. The van der Waals surface area contributed by atoms with Crippen molar-refractivity contribution >= 4 is 30.3 Å². The maximum atomic E-state index is 11.2. The Labute approximate surface area is 145 Å². The van der Waals surface area contributed by atoms with Gasteiger partial charge in [0.2, 0.25) is 0 Å². The molecule has 0 saturated carbocycles. The number of carbonyl (C=O) groups excluding carboxylic acids is 2. The van der Waals surface area contributed by atoms with Gasteiger partial charge in [-0.15, -0.1) is 0 Å². The summed E-state index contributed by atoms with van der Waals surface area (Å²) in [6.45, 7) is 0. The molecule has 1 aliphatic rings. The van der Waals surface area contributed by atoms with Gasteiger partial charge >= 0.3 is 30.3 Å². The van der Waals surface area contributed by atoms with E-state index in [9.17, 15) is 9.59 Å². The number of carbonyl (C=O) groups is 2. The number of hydrogen-bond acceptors (Lipinski definition) is 9. The zero-order valence-corrected chi connectivity index (χ0v) is 17.3. The molecule has 0 aromatic rings. The van der Waals surface area contributed by atoms with Crippen molar-refractivity contribution in [2.75, 3.05) is 42.7 Å². The fourth-order valence-corrected chi connectivity index (χ4v) is 4.48. The van der Waals surface area contributed by atoms with Gasteiger partial charge in [0.25, 0.3) is 0 Å². The fourth-order valence-electron chi connectivity index (χ4n) is 2.15. The minimum absolute atomic E-state index is 0.181. The van der Waals surface area contributed by atoms with Crippen molar-refractivity contribution in [1.82, 2.24) is 0 Å². The molecule has 1 aliphatic heterocycles. The van der Waals surface area contributed by atoms with Crippen LogP contribution in [-0.2, 0) is 40.9 Å². The molecule has 1 atom stereocenters. The second-order valence-corrected chi connectivity index (χ2v) is 9.96. The lowest BCUT2D eigenvalue weighted by Crippen LogP contribution is -2.42. The molecule has 1 heterocycles. The van der Waals surface area contributed by atoms with E-state index in [0.29, 0.717) is 18.9 Å². The summed E-state index contributed by atoms with van der Waals surface area (Å²) in [5, 5.41) is 0. The molecule has 1 fully saturated rings. The summed E-state index contributed by atoms with van der Waals surface area (Å²) in [4.78, 5) is 22.1. The zero-order valence-electron chi connectivity index (χ0n) is 15.2. The lowest BCUT2D eigenvalue weighted by atomic mass is 10.0. The third-order valence-electron chi connectivity index (χ3n) is 3.51. The van der Waals surface area contributed by atoms with Gasteiger partial charge in [-0.1, -0.05) is 0 Å². The van der Waals surface area contributed by atoms with E-state index >= 15 is 0 Å². The highest BCUT2D eigenvalue weighted by atomic mass is 28.4. The van der Waals surface area contributed by atoms with Crippen LogP contribution in [0.2, 0.25) is 6.04 Å². The van der Waals surface area contributed by atoms with E-state index in [-0.39, 0.29) is 12.3 Å². The van der Waals surface area contributed by atoms with Crippen molar-refractivity contribution in [3.05, 3.63) is 0 Å². The van der Waals surface area contributed by atoms with Crippen molar-refractivity contribution in [1.29, 1.82) is 0 Å². The molecular weight excluding hydrogens is 356 g/mol. The van der Waals surface area contributed by atoms with E-state index in [1.165, 1.54) is 0 Å². The molecule has 9 nitrogen and oxygen atoms in total. The van der Waals surface area contributed by atoms with Crippen LogP contribution in [0.5, 0.6) is 0 Å². The molecule has 1 rings (SSSR count). The average Bonchev–Trinajstić information content (AvgIpc) is 2.92. The maximum Gasteiger partial charge on any atom is 0.500 e. The van der Waals surface area contributed by atoms with Gasteiger partial charge < -0.3 is 31.3 Å². The monoisotopic (exact) mass is 384 g/mol. The van der Waals surface area contributed by atoms with Gasteiger partial charge in [-0.05, 0) is 12.8 Å². The standard InChI is InChI=1S/C10H18O6Si.C3H10O3Si/c1-13-17(14-2,15-3)6-4-5-8-7-9(11)16-10(8)12;1-4-7(5-2)6-3/h8H,4-7H2,1-3H3;7H,1-3H3. The van der Waals surface area contributed by atoms with Crippen molar-refractivity contribution in [2.24, 2.45) is 5.92 Å². The number of rotatable bonds is 10. The molecule has 0 amide bonds. The topological polar surface area (TPSA) is 98.8 Å². The normalized spacial score (nSPS) is 17.7. The molecule has 0 spiro atoms. The first-order valence-electron chi connectivity index (χ1n) is 7.40. The number of hydrogen-bond donors (Lipinski definition) is 0. The Morgan fingerprint density at radius 1 is 1.00 bits per heavy atom. The summed E-state index contributed by atoms with van der Waals surface area (Å²) in [6, 6.07) is 0.620. The summed E-state index contributed by atoms with van der Waals surface area (Å²) in [7, 11) is 5.13. The van der Waals surface area contributed by atoms with Gasteiger partial charge in [0.05, 0.1) is 12.3 Å². The molecule has 1 saturated heterocycles. The van der Waals surface area contributed by atoms with Crippen LogP contribution in [0.15, 0.2) is 0 Å². The second kappa shape index (κ2) is 12.7. The summed E-state index contributed by atoms with van der Waals surface area (Å²) in [5.74, 6) is -1.18. The number of ether oxygens (including phenoxy) is 1. The van der Waals surface area contributed by atoms with E-state index in [1.54, 1.807) is 42.7 Å². The van der Waals surface area contributed by atoms with Gasteiger partial charge in [-0.3, -0.25) is 9.59 Å². The van der Waals surface area contributed by atoms with Gasteiger partial charge in [-0.25, -0.2) is 0 Å². The molecule has 0 bridgehead atoms. The van der Waals surface area contributed by atoms with Crippen LogP contribution < -0.4 is 0 Å². The SMILES string of the molecule is CO[SiH](OC)OC.CO[Si](CCCC1CC(=O)OC1=O)(OC)OC. The summed E-state index contributed by atoms with van der Waals surface area (Å²) >= 11 is 0. The Bertz CT molecular complexity index is 359. The van der Waals surface area contributed by atoms with Crippen molar-refractivity contribution in [3.63, 3.8) is 0 Å². The summed E-state index contributed by atoms with van der Waals surface area (Å²) in [5.41, 5.74) is 0. The first-order chi connectivity index (χ1) is 11.4. The van der Waals surface area contributed by atoms with E-state index in [1.807, 2.05) is 0 Å². The molecule has 0 aliphatic carbocycles. The van der Waals surface area contributed by atoms with Crippen molar-refractivity contribution < 1.29 is 40.9 Å². The van der Waals surface area contributed by atoms with Crippen LogP contribution in [-0.4, -0.2) is 72.9 Å². The van der Waals surface area contributed by atoms with Gasteiger partial charge in [0.1, 0.15) is 0 Å². The molecule has 142 valence electrons. The highest BCUT2D eigenvalue weighted by molar-refractivity contribution is 6.60. The molecule has 24 heavy (non-hydrogen) atoms. The quantitative estimate of drug-likeness (QED) is 0.301. The molecule has 1 unspecified atom stereocenters. The molecule has 11 heteroatoms. The van der Waals surface area contributed by atoms with E-state index < -0.39 is 30.3 Å². The van der Waals surface area contributed by atoms with Crippen LogP contribution >= 0.6 is 0 Å². The lowest BCUT2D eigenvalue weighted by molar-refractivity contribution is -0.153. The molecular formula is C13H28O9Si2. The Balaban J connectivity index is 0.000000640. The Morgan fingerprint density at radius 2 is 1.50 bits per heavy atom. The Hall–Kier alpha value is -0.666. The van der Waals surface area contributed by atoms with Crippen LogP contribution in [0.3, 0.4) is 0 Å². The third kappa shape index (κ3) is 7.94. The predicted octanol–water partition coefficient (Wildman–Crippen LogP) is 0.377. The zero-order chi connectivity index (χ0) is 18.6. The molecule has 0 radical (unpaired) electrons. The predicted molar refractivity (Wildman–Crippen MR) is 88.2 cm³/mol. The molecule has 0 aromatic carbocycles. The molecule has 0 N–H and O–H groups in total. The van der Waals surface area contributed by atoms with Gasteiger partial charge in [-0.2, -0.15) is 0 Å². The van der Waals surface area contributed by atoms with Crippen LogP contribution in [0.1, 0.15) is 19.3 Å². The van der Waals surface area contributed by atoms with Crippen molar-refractivity contribution in [3.8, 4) is 0 Å². The first kappa shape index (κ1) is 23.3. The van der Waals surface area contributed by atoms with Crippen LogP contribution in [0.4, 0.5) is 0 Å². The third-order valence-corrected chi connectivity index (χ3v) is 7.49. The highest BCUT2D eigenvalue weighted by Crippen LogP contribution is 2.24. The molecule has 0 aromatic heterocycles. The Kier molecular flexibility index (Phi) is 12.3. The summed E-state index contributed by atoms with van der Waals surface area (Å²) in [6.07, 6.45) is 1.48. The summed E-state index contributed by atoms with van der Waals surface area (Å²) < 4.78 is 34.5. The smallest absolute Gasteiger partial charge is 0.393 e. The lowest BCUT2D eigenvalue weighted by Gasteiger charge is -2.24. The van der Waals surface area contributed by atoms with E-state index in [4.69, 9.17) is 26.6 Å².